The molecule has 3 saturated heterocycles. The van der Waals surface area contributed by atoms with Crippen LogP contribution in [0.1, 0.15) is 83.6 Å². The van der Waals surface area contributed by atoms with Gasteiger partial charge in [0.25, 0.3) is 0 Å². The van der Waals surface area contributed by atoms with Crippen LogP contribution in [0, 0.1) is 5.92 Å². The van der Waals surface area contributed by atoms with Gasteiger partial charge in [0.1, 0.15) is 0 Å². The Hall–Kier alpha value is -0.910. The van der Waals surface area contributed by atoms with E-state index < -0.39 is 22.2 Å². The van der Waals surface area contributed by atoms with Gasteiger partial charge in [-0.2, -0.15) is 0 Å². The van der Waals surface area contributed by atoms with Crippen molar-refractivity contribution in [2.24, 2.45) is 11.7 Å². The number of piperazine rings is 1. The Balaban J connectivity index is 1.27. The van der Waals surface area contributed by atoms with Crippen LogP contribution in [-0.2, 0) is 14.9 Å². The number of benzene rings is 1. The normalized spacial score (nSPS) is 39.5. The van der Waals surface area contributed by atoms with Gasteiger partial charge in [0.2, 0.25) is 5.91 Å². The molecule has 3 aliphatic heterocycles. The van der Waals surface area contributed by atoms with Gasteiger partial charge in [-0.15, -0.1) is 10.8 Å². The van der Waals surface area contributed by atoms with Crippen molar-refractivity contribution in [3.05, 3.63) is 34.9 Å². The first-order valence-corrected chi connectivity index (χ1v) is 17.4. The molecule has 1 aliphatic carbocycles. The van der Waals surface area contributed by atoms with E-state index in [4.69, 9.17) is 22.1 Å². The number of nitrogens with one attached hydrogen (secondary N) is 2. The molecule has 0 aromatic heterocycles. The number of fused-ring (bicyclic) bond motifs is 2. The molecule has 9 atom stereocenters. The molecule has 2 bridgehead atoms. The zero-order chi connectivity index (χ0) is 28.5. The maximum absolute atomic E-state index is 13.9. The summed E-state index contributed by atoms with van der Waals surface area (Å²) in [6.07, 6.45) is 9.33. The first kappa shape index (κ1) is 30.5. The second-order valence-electron chi connectivity index (χ2n) is 12.9. The van der Waals surface area contributed by atoms with E-state index in [0.29, 0.717) is 42.1 Å². The fourth-order valence-corrected chi connectivity index (χ4v) is 9.99. The molecule has 4 aliphatic rings. The summed E-state index contributed by atoms with van der Waals surface area (Å²) in [5.41, 5.74) is 7.42. The average molecular weight is 597 g/mol. The maximum atomic E-state index is 13.9. The SMILES string of the molecule is C[C@@H]1CC(c2ccc(Cl)cc2)([C@H](N)C(=O)N[C@H]2CCCC[C@@H]2CC[C@H]2CN[C@@H]3CCCS(O)(O)N2C3)C[C@H](C)O1. The predicted molar refractivity (Wildman–Crippen MR) is 163 cm³/mol. The largest absolute Gasteiger partial charge is 0.375 e. The van der Waals surface area contributed by atoms with Crippen molar-refractivity contribution in [1.29, 1.82) is 0 Å². The molecule has 1 aromatic carbocycles. The van der Waals surface area contributed by atoms with Gasteiger partial charge < -0.3 is 21.1 Å². The molecular weight excluding hydrogens is 548 g/mol. The number of hydrogen-bond acceptors (Lipinski definition) is 7. The van der Waals surface area contributed by atoms with Crippen LogP contribution in [-0.4, -0.2) is 74.5 Å². The van der Waals surface area contributed by atoms with E-state index in [2.05, 4.69) is 24.5 Å². The van der Waals surface area contributed by atoms with Gasteiger partial charge in [0.15, 0.2) is 0 Å². The number of rotatable bonds is 7. The molecule has 0 radical (unpaired) electrons. The highest BCUT2D eigenvalue weighted by atomic mass is 35.5. The Bertz CT molecular complexity index is 1000. The molecule has 10 heteroatoms. The molecule has 1 saturated carbocycles. The molecule has 40 heavy (non-hydrogen) atoms. The van der Waals surface area contributed by atoms with E-state index in [9.17, 15) is 13.9 Å². The second kappa shape index (κ2) is 12.8. The van der Waals surface area contributed by atoms with Crippen molar-refractivity contribution < 1.29 is 18.6 Å². The highest BCUT2D eigenvalue weighted by molar-refractivity contribution is 8.22. The number of amides is 1. The number of halogens is 1. The molecule has 4 fully saturated rings. The molecule has 0 spiro atoms. The monoisotopic (exact) mass is 596 g/mol. The smallest absolute Gasteiger partial charge is 0.238 e. The minimum absolute atomic E-state index is 0.00399. The Morgan fingerprint density at radius 1 is 1.15 bits per heavy atom. The summed E-state index contributed by atoms with van der Waals surface area (Å²) in [5, 5.41) is 7.71. The summed E-state index contributed by atoms with van der Waals surface area (Å²) in [5.74, 6) is 0.742. The maximum Gasteiger partial charge on any atom is 0.238 e. The lowest BCUT2D eigenvalue weighted by Gasteiger charge is -2.49. The fourth-order valence-electron chi connectivity index (χ4n) is 8.00. The zero-order valence-electron chi connectivity index (χ0n) is 24.1. The van der Waals surface area contributed by atoms with Gasteiger partial charge in [0.05, 0.1) is 24.0 Å². The van der Waals surface area contributed by atoms with Crippen LogP contribution >= 0.6 is 22.4 Å². The van der Waals surface area contributed by atoms with Crippen LogP contribution in [0.4, 0.5) is 0 Å². The van der Waals surface area contributed by atoms with Gasteiger partial charge >= 0.3 is 0 Å². The van der Waals surface area contributed by atoms with Crippen LogP contribution in [0.2, 0.25) is 5.02 Å². The number of ether oxygens (including phenoxy) is 1. The number of nitrogens with zero attached hydrogens (tertiary/aromatic N) is 1. The predicted octanol–water partition coefficient (Wildman–Crippen LogP) is 5.05. The van der Waals surface area contributed by atoms with Crippen LogP contribution in [0.3, 0.4) is 0 Å². The fraction of sp³-hybridized carbons (Fsp3) is 0.767. The number of nitrogens with two attached hydrogens (primary N) is 1. The van der Waals surface area contributed by atoms with Crippen LogP contribution < -0.4 is 16.4 Å². The van der Waals surface area contributed by atoms with Crippen LogP contribution in [0.5, 0.6) is 0 Å². The summed E-state index contributed by atoms with van der Waals surface area (Å²) in [6, 6.07) is 7.63. The summed E-state index contributed by atoms with van der Waals surface area (Å²) >= 11 is 6.21. The zero-order valence-corrected chi connectivity index (χ0v) is 25.6. The summed E-state index contributed by atoms with van der Waals surface area (Å²) in [4.78, 5) is 13.9. The third-order valence-corrected chi connectivity index (χ3v) is 12.3. The first-order chi connectivity index (χ1) is 19.1. The molecule has 5 rings (SSSR count). The van der Waals surface area contributed by atoms with Crippen molar-refractivity contribution in [3.63, 3.8) is 0 Å². The summed E-state index contributed by atoms with van der Waals surface area (Å²) in [7, 11) is -2.71. The highest BCUT2D eigenvalue weighted by Crippen LogP contribution is 2.49. The Morgan fingerprint density at radius 2 is 1.85 bits per heavy atom. The van der Waals surface area contributed by atoms with E-state index in [-0.39, 0.29) is 30.2 Å². The van der Waals surface area contributed by atoms with Crippen molar-refractivity contribution in [3.8, 4) is 0 Å². The van der Waals surface area contributed by atoms with Gasteiger partial charge in [-0.1, -0.05) is 36.6 Å². The quantitative estimate of drug-likeness (QED) is 0.299. The van der Waals surface area contributed by atoms with E-state index in [1.165, 1.54) is 0 Å². The summed E-state index contributed by atoms with van der Waals surface area (Å²) < 4.78 is 29.8. The van der Waals surface area contributed by atoms with Gasteiger partial charge in [-0.25, -0.2) is 4.31 Å². The third kappa shape index (κ3) is 6.67. The Labute approximate surface area is 246 Å². The third-order valence-electron chi connectivity index (χ3n) is 9.97. The van der Waals surface area contributed by atoms with E-state index >= 15 is 0 Å². The van der Waals surface area contributed by atoms with Crippen molar-refractivity contribution in [2.45, 2.75) is 120 Å². The molecule has 6 N–H and O–H groups in total. The van der Waals surface area contributed by atoms with E-state index in [1.54, 1.807) is 0 Å². The Morgan fingerprint density at radius 3 is 2.58 bits per heavy atom. The first-order valence-electron chi connectivity index (χ1n) is 15.3. The number of carbonyl (C=O) groups is 1. The highest BCUT2D eigenvalue weighted by Gasteiger charge is 2.48. The lowest BCUT2D eigenvalue weighted by molar-refractivity contribution is -0.129. The lowest BCUT2D eigenvalue weighted by Crippen LogP contribution is -2.60. The number of carbonyl (C=O) groups excluding carboxylic acids is 1. The van der Waals surface area contributed by atoms with Gasteiger partial charge in [-0.3, -0.25) is 13.9 Å². The van der Waals surface area contributed by atoms with Crippen molar-refractivity contribution in [1.82, 2.24) is 14.9 Å². The molecule has 3 heterocycles. The standard InChI is InChI=1S/C30H49ClN4O4S/c1-20-16-30(17-21(2)39-20,23-10-12-24(31)13-11-23)28(32)29(36)34-27-8-4-3-6-22(27)9-14-26-18-33-25-7-5-15-40(37,38)35(26)19-25/h10-13,20-22,25-28,33,37-38H,3-9,14-19,32H2,1-2H3,(H,34,36)/t20-,21+,22-,25-,26+,27+,28-,30?/m1/s1. The molecule has 226 valence electrons. The lowest BCUT2D eigenvalue weighted by atomic mass is 9.65. The van der Waals surface area contributed by atoms with Gasteiger partial charge in [0, 0.05) is 41.7 Å². The second-order valence-corrected chi connectivity index (χ2v) is 15.5. The minimum atomic E-state index is -2.71. The molecule has 8 nitrogen and oxygen atoms in total. The molecular formula is C30H49ClN4O4S. The number of hydrogen-bond donors (Lipinski definition) is 5. The van der Waals surface area contributed by atoms with Crippen molar-refractivity contribution >= 4 is 28.3 Å². The molecule has 1 amide bonds. The Kier molecular flexibility index (Phi) is 9.74. The van der Waals surface area contributed by atoms with Crippen LogP contribution in [0.15, 0.2) is 24.3 Å². The topological polar surface area (TPSA) is 120 Å². The van der Waals surface area contributed by atoms with Crippen molar-refractivity contribution in [2.75, 3.05) is 18.8 Å². The van der Waals surface area contributed by atoms with Gasteiger partial charge in [-0.05, 0) is 88.8 Å². The minimum Gasteiger partial charge on any atom is -0.375 e. The van der Waals surface area contributed by atoms with E-state index in [0.717, 1.165) is 63.5 Å². The van der Waals surface area contributed by atoms with Crippen LogP contribution in [0.25, 0.3) is 0 Å². The van der Waals surface area contributed by atoms with E-state index in [1.807, 2.05) is 28.6 Å². The average Bonchev–Trinajstić information content (AvgIpc) is 3.03. The summed E-state index contributed by atoms with van der Waals surface area (Å²) in [6.45, 7) is 5.62. The molecule has 1 aromatic rings. The molecule has 2 unspecified atom stereocenters.